The molecule has 4 N–H and O–H groups in total. The molecule has 11 atom stereocenters. The lowest BCUT2D eigenvalue weighted by Gasteiger charge is -2.70. The van der Waals surface area contributed by atoms with Crippen molar-refractivity contribution in [3.63, 3.8) is 0 Å². The third-order valence-corrected chi connectivity index (χ3v) is 12.3. The van der Waals surface area contributed by atoms with Crippen LogP contribution >= 0.6 is 0 Å². The van der Waals surface area contributed by atoms with Crippen molar-refractivity contribution in [1.29, 1.82) is 0 Å². The summed E-state index contributed by atoms with van der Waals surface area (Å²) in [6.45, 7) is 16.5. The van der Waals surface area contributed by atoms with Gasteiger partial charge in [0.1, 0.15) is 5.78 Å². The number of rotatable bonds is 4. The van der Waals surface area contributed by atoms with Gasteiger partial charge in [-0.05, 0) is 82.0 Å². The molecule has 0 aliphatic heterocycles. The third kappa shape index (κ3) is 3.58. The molecule has 4 aliphatic carbocycles. The van der Waals surface area contributed by atoms with Gasteiger partial charge in [-0.25, -0.2) is 0 Å². The van der Waals surface area contributed by atoms with E-state index in [-0.39, 0.29) is 34.4 Å². The predicted octanol–water partition coefficient (Wildman–Crippen LogP) is 4.65. The average Bonchev–Trinajstić information content (AvgIpc) is 3.03. The van der Waals surface area contributed by atoms with Crippen LogP contribution in [-0.2, 0) is 4.79 Å². The van der Waals surface area contributed by atoms with Gasteiger partial charge in [0.2, 0.25) is 0 Å². The Morgan fingerprint density at radius 1 is 0.971 bits per heavy atom. The number of aliphatic hydroxyl groups excluding tert-OH is 3. The van der Waals surface area contributed by atoms with Crippen LogP contribution in [0.15, 0.2) is 11.6 Å². The molecule has 0 heterocycles. The average molecular weight is 491 g/mol. The van der Waals surface area contributed by atoms with Gasteiger partial charge in [-0.2, -0.15) is 0 Å². The fourth-order valence-corrected chi connectivity index (χ4v) is 9.91. The molecule has 0 amide bonds. The molecular weight excluding hydrogens is 440 g/mol. The van der Waals surface area contributed by atoms with Crippen LogP contribution in [0.1, 0.15) is 100 Å². The van der Waals surface area contributed by atoms with E-state index in [0.29, 0.717) is 32.1 Å². The summed E-state index contributed by atoms with van der Waals surface area (Å²) >= 11 is 0. The molecule has 200 valence electrons. The molecule has 0 spiro atoms. The molecule has 0 unspecified atom stereocenters. The minimum atomic E-state index is -1.07. The molecule has 4 saturated carbocycles. The van der Waals surface area contributed by atoms with Crippen LogP contribution < -0.4 is 0 Å². The number of ketones is 1. The Hall–Kier alpha value is -0.750. The Morgan fingerprint density at radius 2 is 1.57 bits per heavy atom. The van der Waals surface area contributed by atoms with E-state index in [4.69, 9.17) is 0 Å². The summed E-state index contributed by atoms with van der Waals surface area (Å²) in [6, 6.07) is 0. The van der Waals surface area contributed by atoms with Gasteiger partial charge in [0.25, 0.3) is 0 Å². The highest BCUT2D eigenvalue weighted by Crippen LogP contribution is 2.75. The van der Waals surface area contributed by atoms with E-state index < -0.39 is 40.7 Å². The summed E-state index contributed by atoms with van der Waals surface area (Å²) in [7, 11) is 0. The Bertz CT molecular complexity index is 887. The monoisotopic (exact) mass is 490 g/mol. The standard InChI is InChI=1S/C30H50O5/c1-17(2)10-9-12-28(6,35)18-14-23(33)30(8)25(18)19(31)15-21-27(5)13-11-22(32)26(3,4)20(27)16-24(34)29(21,30)7/h10,18,20-25,32-35H,9,11-16H2,1-8H3/t18-,20-,21+,22-,23-,24-,25-,27-,28-,29-,30+/m0/s1. The maximum atomic E-state index is 14.0. The number of Topliss-reactive ketones (excluding diaryl/α,β-unsaturated/α-hetero) is 1. The summed E-state index contributed by atoms with van der Waals surface area (Å²) in [4.78, 5) is 14.0. The van der Waals surface area contributed by atoms with Crippen molar-refractivity contribution >= 4 is 5.78 Å². The smallest absolute Gasteiger partial charge is 0.137 e. The van der Waals surface area contributed by atoms with Crippen LogP contribution in [0.4, 0.5) is 0 Å². The van der Waals surface area contributed by atoms with Crippen LogP contribution in [0.3, 0.4) is 0 Å². The first-order valence-electron chi connectivity index (χ1n) is 13.9. The van der Waals surface area contributed by atoms with Gasteiger partial charge in [0.15, 0.2) is 0 Å². The molecule has 0 radical (unpaired) electrons. The normalized spacial score (nSPS) is 50.5. The number of carbonyl (C=O) groups is 1. The first-order valence-corrected chi connectivity index (χ1v) is 13.9. The van der Waals surface area contributed by atoms with Crippen LogP contribution in [0.5, 0.6) is 0 Å². The molecule has 4 aliphatic rings. The first-order chi connectivity index (χ1) is 16.0. The maximum Gasteiger partial charge on any atom is 0.137 e. The van der Waals surface area contributed by atoms with Crippen molar-refractivity contribution in [2.75, 3.05) is 0 Å². The topological polar surface area (TPSA) is 98.0 Å². The van der Waals surface area contributed by atoms with Gasteiger partial charge < -0.3 is 20.4 Å². The number of aliphatic hydroxyl groups is 4. The van der Waals surface area contributed by atoms with E-state index in [1.54, 1.807) is 0 Å². The molecule has 35 heavy (non-hydrogen) atoms. The second-order valence-electron chi connectivity index (χ2n) is 14.5. The summed E-state index contributed by atoms with van der Waals surface area (Å²) in [5, 5.41) is 46.0. The van der Waals surface area contributed by atoms with Gasteiger partial charge >= 0.3 is 0 Å². The van der Waals surface area contributed by atoms with Crippen LogP contribution in [-0.4, -0.2) is 50.1 Å². The Labute approximate surface area is 212 Å². The van der Waals surface area contributed by atoms with Crippen molar-refractivity contribution in [3.05, 3.63) is 11.6 Å². The summed E-state index contributed by atoms with van der Waals surface area (Å²) in [5.41, 5.74) is -1.89. The second-order valence-corrected chi connectivity index (χ2v) is 14.5. The molecule has 4 fully saturated rings. The van der Waals surface area contributed by atoms with Crippen molar-refractivity contribution in [2.45, 2.75) is 124 Å². The second kappa shape index (κ2) is 8.38. The minimum absolute atomic E-state index is 0.0756. The van der Waals surface area contributed by atoms with Gasteiger partial charge in [0.05, 0.1) is 23.9 Å². The van der Waals surface area contributed by atoms with E-state index in [9.17, 15) is 25.2 Å². The van der Waals surface area contributed by atoms with Gasteiger partial charge in [-0.3, -0.25) is 4.79 Å². The Morgan fingerprint density at radius 3 is 2.17 bits per heavy atom. The highest BCUT2D eigenvalue weighted by molar-refractivity contribution is 5.85. The van der Waals surface area contributed by atoms with Crippen molar-refractivity contribution in [1.82, 2.24) is 0 Å². The predicted molar refractivity (Wildman–Crippen MR) is 137 cm³/mol. The highest BCUT2D eigenvalue weighted by Gasteiger charge is 2.76. The fraction of sp³-hybridized carbons (Fsp3) is 0.900. The summed E-state index contributed by atoms with van der Waals surface area (Å²) < 4.78 is 0. The molecule has 4 rings (SSSR count). The van der Waals surface area contributed by atoms with Crippen LogP contribution in [0, 0.1) is 45.3 Å². The van der Waals surface area contributed by atoms with Gasteiger partial charge in [-0.1, -0.05) is 46.3 Å². The quantitative estimate of drug-likeness (QED) is 0.430. The van der Waals surface area contributed by atoms with E-state index in [0.717, 1.165) is 12.8 Å². The lowest BCUT2D eigenvalue weighted by Crippen LogP contribution is -2.71. The summed E-state index contributed by atoms with van der Waals surface area (Å²) in [5.74, 6) is -0.648. The van der Waals surface area contributed by atoms with Crippen LogP contribution in [0.25, 0.3) is 0 Å². The number of hydrogen-bond donors (Lipinski definition) is 4. The highest BCUT2D eigenvalue weighted by atomic mass is 16.3. The van der Waals surface area contributed by atoms with E-state index in [1.165, 1.54) is 5.57 Å². The van der Waals surface area contributed by atoms with Gasteiger partial charge in [0, 0.05) is 29.1 Å². The zero-order valence-corrected chi connectivity index (χ0v) is 23.3. The summed E-state index contributed by atoms with van der Waals surface area (Å²) in [6.07, 6.45) is 4.38. The molecule has 0 saturated heterocycles. The zero-order chi connectivity index (χ0) is 26.4. The molecule has 0 bridgehead atoms. The minimum Gasteiger partial charge on any atom is -0.393 e. The SMILES string of the molecule is CC(C)=CCC[C@](C)(O)[C@H]1C[C@H](O)[C@]2(C)[C@@H]1C(=O)C[C@@H]1[C@@]3(C)CC[C@H](O)C(C)(C)[C@@H]3C[C@H](O)[C@]12C. The largest absolute Gasteiger partial charge is 0.393 e. The molecular formula is C30H50O5. The van der Waals surface area contributed by atoms with E-state index in [2.05, 4.69) is 33.8 Å². The number of allylic oxidation sites excluding steroid dienone is 2. The van der Waals surface area contributed by atoms with E-state index in [1.807, 2.05) is 27.7 Å². The molecule has 0 aromatic carbocycles. The van der Waals surface area contributed by atoms with Gasteiger partial charge in [-0.15, -0.1) is 0 Å². The fourth-order valence-electron chi connectivity index (χ4n) is 9.91. The van der Waals surface area contributed by atoms with Crippen molar-refractivity contribution < 1.29 is 25.2 Å². The molecule has 0 aromatic rings. The molecule has 5 heteroatoms. The zero-order valence-electron chi connectivity index (χ0n) is 23.3. The molecule has 0 aromatic heterocycles. The van der Waals surface area contributed by atoms with Crippen molar-refractivity contribution in [3.8, 4) is 0 Å². The number of carbonyl (C=O) groups excluding carboxylic acids is 1. The number of fused-ring (bicyclic) bond motifs is 5. The van der Waals surface area contributed by atoms with Crippen molar-refractivity contribution in [2.24, 2.45) is 45.3 Å². The van der Waals surface area contributed by atoms with Crippen LogP contribution in [0.2, 0.25) is 0 Å². The number of hydrogen-bond acceptors (Lipinski definition) is 5. The lowest BCUT2D eigenvalue weighted by molar-refractivity contribution is -0.269. The van der Waals surface area contributed by atoms with E-state index >= 15 is 0 Å². The third-order valence-electron chi connectivity index (χ3n) is 12.3. The Balaban J connectivity index is 1.76. The lowest BCUT2D eigenvalue weighted by atomic mass is 9.34. The Kier molecular flexibility index (Phi) is 6.53. The maximum absolute atomic E-state index is 14.0. The first kappa shape index (κ1) is 27.3. The molecule has 5 nitrogen and oxygen atoms in total.